The van der Waals surface area contributed by atoms with E-state index >= 15 is 0 Å². The lowest BCUT2D eigenvalue weighted by Gasteiger charge is -2.34. The fourth-order valence-corrected chi connectivity index (χ4v) is 3.04. The van der Waals surface area contributed by atoms with Crippen molar-refractivity contribution >= 4 is 0 Å². The van der Waals surface area contributed by atoms with Gasteiger partial charge in [0.1, 0.15) is 0 Å². The Morgan fingerprint density at radius 1 is 0.917 bits per heavy atom. The van der Waals surface area contributed by atoms with Crippen LogP contribution in [0.4, 0.5) is 0 Å². The molecule has 5 heteroatoms. The van der Waals surface area contributed by atoms with E-state index in [0.717, 1.165) is 25.3 Å². The number of piperazine rings is 1. The zero-order valence-corrected chi connectivity index (χ0v) is 14.5. The molecule has 24 heavy (non-hydrogen) atoms. The van der Waals surface area contributed by atoms with Crippen LogP contribution in [0.5, 0.6) is 0 Å². The molecule has 0 amide bonds. The predicted octanol–water partition coefficient (Wildman–Crippen LogP) is 1.90. The Balaban J connectivity index is 1.42. The summed E-state index contributed by atoms with van der Waals surface area (Å²) >= 11 is 0. The minimum atomic E-state index is 0.747. The van der Waals surface area contributed by atoms with E-state index in [1.807, 2.05) is 0 Å². The summed E-state index contributed by atoms with van der Waals surface area (Å²) < 4.78 is 0. The van der Waals surface area contributed by atoms with E-state index < -0.39 is 0 Å². The number of hydrogen-bond acceptors (Lipinski definition) is 5. The largest absolute Gasteiger partial charge is 0.307 e. The molecule has 0 unspecified atom stereocenters. The smallest absolute Gasteiger partial charge is 0.0724 e. The van der Waals surface area contributed by atoms with Gasteiger partial charge in [-0.05, 0) is 17.7 Å². The Morgan fingerprint density at radius 3 is 2.29 bits per heavy atom. The van der Waals surface area contributed by atoms with Crippen molar-refractivity contribution in [3.05, 3.63) is 59.7 Å². The number of nitrogens with one attached hydrogen (secondary N) is 1. The molecule has 1 aliphatic heterocycles. The summed E-state index contributed by atoms with van der Waals surface area (Å²) in [6.07, 6.45) is 5.23. The first-order valence-electron chi connectivity index (χ1n) is 8.81. The van der Waals surface area contributed by atoms with Gasteiger partial charge in [-0.1, -0.05) is 31.2 Å². The van der Waals surface area contributed by atoms with Gasteiger partial charge in [0.05, 0.1) is 5.69 Å². The SMILES string of the molecule is CCN1CCN(Cc2ccc(CNCc3cnccn3)cc2)CC1. The van der Waals surface area contributed by atoms with Gasteiger partial charge in [0.15, 0.2) is 0 Å². The molecular weight excluding hydrogens is 298 g/mol. The van der Waals surface area contributed by atoms with Crippen molar-refractivity contribution < 1.29 is 0 Å². The molecular formula is C19H27N5. The lowest BCUT2D eigenvalue weighted by molar-refractivity contribution is 0.132. The predicted molar refractivity (Wildman–Crippen MR) is 96.4 cm³/mol. The van der Waals surface area contributed by atoms with Crippen molar-refractivity contribution in [1.29, 1.82) is 0 Å². The minimum Gasteiger partial charge on any atom is -0.307 e. The van der Waals surface area contributed by atoms with Crippen LogP contribution in [0.25, 0.3) is 0 Å². The molecule has 1 fully saturated rings. The molecule has 2 aromatic rings. The number of aromatic nitrogens is 2. The molecule has 2 heterocycles. The van der Waals surface area contributed by atoms with Gasteiger partial charge < -0.3 is 10.2 Å². The van der Waals surface area contributed by atoms with Crippen molar-refractivity contribution in [1.82, 2.24) is 25.1 Å². The Kier molecular flexibility index (Phi) is 6.29. The van der Waals surface area contributed by atoms with Crippen molar-refractivity contribution in [2.75, 3.05) is 32.7 Å². The van der Waals surface area contributed by atoms with Gasteiger partial charge in [0.25, 0.3) is 0 Å². The Labute approximate surface area is 144 Å². The van der Waals surface area contributed by atoms with Gasteiger partial charge >= 0.3 is 0 Å². The highest BCUT2D eigenvalue weighted by Gasteiger charge is 2.15. The van der Waals surface area contributed by atoms with E-state index in [9.17, 15) is 0 Å². The van der Waals surface area contributed by atoms with Crippen molar-refractivity contribution in [3.8, 4) is 0 Å². The first kappa shape index (κ1) is 17.0. The van der Waals surface area contributed by atoms with Crippen LogP contribution in [0.3, 0.4) is 0 Å². The van der Waals surface area contributed by atoms with Crippen molar-refractivity contribution in [2.45, 2.75) is 26.6 Å². The fraction of sp³-hybridized carbons (Fsp3) is 0.474. The van der Waals surface area contributed by atoms with E-state index in [-0.39, 0.29) is 0 Å². The van der Waals surface area contributed by atoms with E-state index in [1.54, 1.807) is 18.6 Å². The minimum absolute atomic E-state index is 0.747. The summed E-state index contributed by atoms with van der Waals surface area (Å²) in [5, 5.41) is 3.41. The lowest BCUT2D eigenvalue weighted by atomic mass is 10.1. The number of nitrogens with zero attached hydrogens (tertiary/aromatic N) is 4. The van der Waals surface area contributed by atoms with Crippen molar-refractivity contribution in [3.63, 3.8) is 0 Å². The van der Waals surface area contributed by atoms with Gasteiger partial charge in [-0.2, -0.15) is 0 Å². The molecule has 5 nitrogen and oxygen atoms in total. The quantitative estimate of drug-likeness (QED) is 0.842. The zero-order chi connectivity index (χ0) is 16.6. The number of hydrogen-bond donors (Lipinski definition) is 1. The Morgan fingerprint density at radius 2 is 1.62 bits per heavy atom. The van der Waals surface area contributed by atoms with Crippen LogP contribution < -0.4 is 5.32 Å². The van der Waals surface area contributed by atoms with Crippen LogP contribution >= 0.6 is 0 Å². The molecule has 0 radical (unpaired) electrons. The molecule has 3 rings (SSSR count). The van der Waals surface area contributed by atoms with Crippen LogP contribution in [-0.2, 0) is 19.6 Å². The summed E-state index contributed by atoms with van der Waals surface area (Å²) in [5.74, 6) is 0. The molecule has 1 N–H and O–H groups in total. The number of benzene rings is 1. The lowest BCUT2D eigenvalue weighted by Crippen LogP contribution is -2.45. The first-order chi connectivity index (χ1) is 11.8. The monoisotopic (exact) mass is 325 g/mol. The highest BCUT2D eigenvalue weighted by atomic mass is 15.3. The van der Waals surface area contributed by atoms with Gasteiger partial charge in [0, 0.05) is 64.4 Å². The average molecular weight is 325 g/mol. The molecule has 1 saturated heterocycles. The second-order valence-electron chi connectivity index (χ2n) is 6.33. The summed E-state index contributed by atoms with van der Waals surface area (Å²) in [6.45, 7) is 10.8. The fourth-order valence-electron chi connectivity index (χ4n) is 3.04. The van der Waals surface area contributed by atoms with Crippen LogP contribution in [0.15, 0.2) is 42.9 Å². The second-order valence-corrected chi connectivity index (χ2v) is 6.33. The van der Waals surface area contributed by atoms with Gasteiger partial charge in [0.2, 0.25) is 0 Å². The Bertz CT molecular complexity index is 591. The molecule has 0 aliphatic carbocycles. The zero-order valence-electron chi connectivity index (χ0n) is 14.5. The van der Waals surface area contributed by atoms with E-state index in [4.69, 9.17) is 0 Å². The molecule has 0 bridgehead atoms. The van der Waals surface area contributed by atoms with Gasteiger partial charge in [-0.25, -0.2) is 0 Å². The highest BCUT2D eigenvalue weighted by Crippen LogP contribution is 2.10. The van der Waals surface area contributed by atoms with Crippen molar-refractivity contribution in [2.24, 2.45) is 0 Å². The maximum Gasteiger partial charge on any atom is 0.0724 e. The third-order valence-corrected chi connectivity index (χ3v) is 4.59. The third-order valence-electron chi connectivity index (χ3n) is 4.59. The van der Waals surface area contributed by atoms with E-state index in [2.05, 4.69) is 56.3 Å². The summed E-state index contributed by atoms with van der Waals surface area (Å²) in [7, 11) is 0. The molecule has 1 aromatic heterocycles. The number of likely N-dealkylation sites (N-methyl/N-ethyl adjacent to an activating group) is 1. The third kappa shape index (κ3) is 5.09. The molecule has 0 spiro atoms. The molecule has 0 atom stereocenters. The first-order valence-corrected chi connectivity index (χ1v) is 8.81. The molecule has 128 valence electrons. The van der Waals surface area contributed by atoms with Crippen LogP contribution in [0, 0.1) is 0 Å². The average Bonchev–Trinajstić information content (AvgIpc) is 2.65. The molecule has 1 aliphatic rings. The maximum atomic E-state index is 4.27. The van der Waals surface area contributed by atoms with Crippen LogP contribution in [0.2, 0.25) is 0 Å². The maximum absolute atomic E-state index is 4.27. The van der Waals surface area contributed by atoms with Gasteiger partial charge in [-0.3, -0.25) is 14.9 Å². The van der Waals surface area contributed by atoms with E-state index in [1.165, 1.54) is 43.9 Å². The normalized spacial score (nSPS) is 16.4. The highest BCUT2D eigenvalue weighted by molar-refractivity contribution is 5.22. The standard InChI is InChI=1S/C19H27N5/c1-2-23-9-11-24(12-10-23)16-18-5-3-17(4-6-18)13-21-15-19-14-20-7-8-22-19/h3-8,14,21H,2,9-13,15-16H2,1H3. The summed E-state index contributed by atoms with van der Waals surface area (Å²) in [5.41, 5.74) is 3.68. The summed E-state index contributed by atoms with van der Waals surface area (Å²) in [4.78, 5) is 13.4. The number of rotatable bonds is 7. The summed E-state index contributed by atoms with van der Waals surface area (Å²) in [6, 6.07) is 8.96. The second kappa shape index (κ2) is 8.87. The van der Waals surface area contributed by atoms with E-state index in [0.29, 0.717) is 0 Å². The molecule has 1 aromatic carbocycles. The molecule has 0 saturated carbocycles. The van der Waals surface area contributed by atoms with Crippen LogP contribution in [-0.4, -0.2) is 52.5 Å². The van der Waals surface area contributed by atoms with Crippen LogP contribution in [0.1, 0.15) is 23.7 Å². The van der Waals surface area contributed by atoms with Gasteiger partial charge in [-0.15, -0.1) is 0 Å². The Hall–Kier alpha value is -1.82. The topological polar surface area (TPSA) is 44.3 Å².